The minimum absolute atomic E-state index is 0.263. The fourth-order valence-corrected chi connectivity index (χ4v) is 3.07. The van der Waals surface area contributed by atoms with E-state index in [4.69, 9.17) is 5.73 Å². The van der Waals surface area contributed by atoms with E-state index in [1.54, 1.807) is 24.3 Å². The van der Waals surface area contributed by atoms with E-state index >= 15 is 0 Å². The molecule has 0 saturated heterocycles. The molecule has 1 aromatic rings. The summed E-state index contributed by atoms with van der Waals surface area (Å²) in [7, 11) is -3.45. The number of nitrogens with zero attached hydrogens (tertiary/aromatic N) is 1. The molecule has 136 valence electrons. The van der Waals surface area contributed by atoms with Crippen LogP contribution in [0.1, 0.15) is 39.7 Å². The van der Waals surface area contributed by atoms with Crippen LogP contribution in [0.5, 0.6) is 0 Å². The second kappa shape index (κ2) is 9.64. The van der Waals surface area contributed by atoms with E-state index in [9.17, 15) is 8.42 Å². The summed E-state index contributed by atoms with van der Waals surface area (Å²) in [6.07, 6.45) is 1.03. The van der Waals surface area contributed by atoms with E-state index in [1.807, 2.05) is 13.8 Å². The first-order chi connectivity index (χ1) is 11.2. The maximum Gasteiger partial charge on any atom is 0.240 e. The molecule has 0 fully saturated rings. The quantitative estimate of drug-likeness (QED) is 0.467. The molecule has 24 heavy (non-hydrogen) atoms. The second-order valence-electron chi connectivity index (χ2n) is 6.70. The maximum atomic E-state index is 12.1. The lowest BCUT2D eigenvalue weighted by molar-refractivity contribution is 0.560. The third kappa shape index (κ3) is 7.79. The van der Waals surface area contributed by atoms with Crippen LogP contribution in [0, 0.1) is 11.8 Å². The van der Waals surface area contributed by atoms with Crippen LogP contribution in [0.25, 0.3) is 0 Å². The van der Waals surface area contributed by atoms with E-state index in [2.05, 4.69) is 28.9 Å². The van der Waals surface area contributed by atoms with Crippen LogP contribution >= 0.6 is 0 Å². The number of nitrogens with two attached hydrogens (primary N) is 1. The molecule has 1 rings (SSSR count). The Morgan fingerprint density at radius 3 is 2.29 bits per heavy atom. The fraction of sp³-hybridized carbons (Fsp3) is 0.588. The molecule has 0 aromatic heterocycles. The predicted octanol–water partition coefficient (Wildman–Crippen LogP) is 2.07. The summed E-state index contributed by atoms with van der Waals surface area (Å²) < 4.78 is 26.8. The second-order valence-corrected chi connectivity index (χ2v) is 8.47. The van der Waals surface area contributed by atoms with Gasteiger partial charge in [-0.25, -0.2) is 18.1 Å². The number of hydrogen-bond acceptors (Lipinski definition) is 3. The van der Waals surface area contributed by atoms with Crippen LogP contribution < -0.4 is 15.8 Å². The molecule has 0 aliphatic heterocycles. The number of guanidine groups is 1. The molecule has 4 N–H and O–H groups in total. The first kappa shape index (κ1) is 20.4. The summed E-state index contributed by atoms with van der Waals surface area (Å²) in [6, 6.07) is 6.70. The van der Waals surface area contributed by atoms with Crippen LogP contribution in [0.2, 0.25) is 0 Å². The molecule has 0 spiro atoms. The van der Waals surface area contributed by atoms with E-state index in [-0.39, 0.29) is 10.8 Å². The number of aliphatic imine (C=N–C) groups is 1. The monoisotopic (exact) mass is 354 g/mol. The number of hydrogen-bond donors (Lipinski definition) is 3. The van der Waals surface area contributed by atoms with Crippen molar-refractivity contribution < 1.29 is 8.42 Å². The molecule has 0 bridgehead atoms. The Bertz CT molecular complexity index is 622. The Morgan fingerprint density at radius 1 is 1.12 bits per heavy atom. The van der Waals surface area contributed by atoms with Crippen molar-refractivity contribution in [1.29, 1.82) is 0 Å². The fourth-order valence-electron chi connectivity index (χ4n) is 1.85. The van der Waals surface area contributed by atoms with Gasteiger partial charge in [0, 0.05) is 13.1 Å². The molecule has 6 nitrogen and oxygen atoms in total. The molecular weight excluding hydrogens is 324 g/mol. The van der Waals surface area contributed by atoms with Crippen LogP contribution in [-0.2, 0) is 16.6 Å². The van der Waals surface area contributed by atoms with Gasteiger partial charge < -0.3 is 11.1 Å². The van der Waals surface area contributed by atoms with Crippen molar-refractivity contribution in [2.24, 2.45) is 22.6 Å². The molecular formula is C17H30N4O2S. The van der Waals surface area contributed by atoms with Gasteiger partial charge in [0.2, 0.25) is 10.0 Å². The summed E-state index contributed by atoms with van der Waals surface area (Å²) in [5, 5.41) is 3.07. The van der Waals surface area contributed by atoms with Crippen molar-refractivity contribution in [2.45, 2.75) is 45.6 Å². The third-order valence-corrected chi connectivity index (χ3v) is 4.81. The van der Waals surface area contributed by atoms with Gasteiger partial charge in [0.15, 0.2) is 5.96 Å². The SMILES string of the molecule is CC(C)CCNC(N)=NCc1ccc(S(=O)(=O)NCC(C)C)cc1. The third-order valence-electron chi connectivity index (χ3n) is 3.38. The largest absolute Gasteiger partial charge is 0.370 e. The number of rotatable bonds is 9. The molecule has 0 unspecified atom stereocenters. The Labute approximate surface area is 146 Å². The highest BCUT2D eigenvalue weighted by atomic mass is 32.2. The van der Waals surface area contributed by atoms with Gasteiger partial charge in [0.05, 0.1) is 11.4 Å². The number of benzene rings is 1. The molecule has 1 aromatic carbocycles. The van der Waals surface area contributed by atoms with Crippen molar-refractivity contribution in [3.63, 3.8) is 0 Å². The Hall–Kier alpha value is -1.60. The molecule has 0 amide bonds. The highest BCUT2D eigenvalue weighted by Gasteiger charge is 2.13. The van der Waals surface area contributed by atoms with E-state index < -0.39 is 10.0 Å². The van der Waals surface area contributed by atoms with Gasteiger partial charge in [-0.1, -0.05) is 39.8 Å². The average Bonchev–Trinajstić information content (AvgIpc) is 2.51. The van der Waals surface area contributed by atoms with Crippen molar-refractivity contribution >= 4 is 16.0 Å². The van der Waals surface area contributed by atoms with Crippen LogP contribution in [0.4, 0.5) is 0 Å². The summed E-state index contributed by atoms with van der Waals surface area (Å²) in [5.74, 6) is 1.29. The first-order valence-corrected chi connectivity index (χ1v) is 9.81. The summed E-state index contributed by atoms with van der Waals surface area (Å²) >= 11 is 0. The topological polar surface area (TPSA) is 96.6 Å². The molecule has 0 atom stereocenters. The van der Waals surface area contributed by atoms with E-state index in [0.717, 1.165) is 18.5 Å². The first-order valence-electron chi connectivity index (χ1n) is 8.33. The zero-order valence-electron chi connectivity index (χ0n) is 15.0. The number of sulfonamides is 1. The lowest BCUT2D eigenvalue weighted by Gasteiger charge is -2.09. The molecule has 0 aliphatic carbocycles. The lowest BCUT2D eigenvalue weighted by atomic mass is 10.1. The molecule has 0 aliphatic rings. The van der Waals surface area contributed by atoms with Gasteiger partial charge in [0.1, 0.15) is 0 Å². The van der Waals surface area contributed by atoms with Crippen LogP contribution in [0.15, 0.2) is 34.2 Å². The average molecular weight is 355 g/mol. The predicted molar refractivity (Wildman–Crippen MR) is 99.3 cm³/mol. The van der Waals surface area contributed by atoms with E-state index in [1.165, 1.54) is 0 Å². The lowest BCUT2D eigenvalue weighted by Crippen LogP contribution is -2.32. The highest BCUT2D eigenvalue weighted by molar-refractivity contribution is 7.89. The van der Waals surface area contributed by atoms with Gasteiger partial charge in [-0.05, 0) is 36.0 Å². The summed E-state index contributed by atoms with van der Waals surface area (Å²) in [6.45, 7) is 9.87. The molecule has 0 radical (unpaired) electrons. The van der Waals surface area contributed by atoms with Crippen molar-refractivity contribution in [1.82, 2.24) is 10.0 Å². The zero-order chi connectivity index (χ0) is 18.2. The van der Waals surface area contributed by atoms with Gasteiger partial charge in [-0.3, -0.25) is 0 Å². The molecule has 0 heterocycles. The smallest absolute Gasteiger partial charge is 0.240 e. The van der Waals surface area contributed by atoms with Crippen LogP contribution in [0.3, 0.4) is 0 Å². The maximum absolute atomic E-state index is 12.1. The van der Waals surface area contributed by atoms with Crippen molar-refractivity contribution in [3.05, 3.63) is 29.8 Å². The van der Waals surface area contributed by atoms with Crippen molar-refractivity contribution in [3.8, 4) is 0 Å². The Morgan fingerprint density at radius 2 is 1.75 bits per heavy atom. The van der Waals surface area contributed by atoms with Gasteiger partial charge in [0.25, 0.3) is 0 Å². The zero-order valence-corrected chi connectivity index (χ0v) is 15.9. The summed E-state index contributed by atoms with van der Waals surface area (Å²) in [4.78, 5) is 4.52. The summed E-state index contributed by atoms with van der Waals surface area (Å²) in [5.41, 5.74) is 6.72. The normalized spacial score (nSPS) is 12.8. The van der Waals surface area contributed by atoms with Gasteiger partial charge >= 0.3 is 0 Å². The highest BCUT2D eigenvalue weighted by Crippen LogP contribution is 2.11. The molecule has 0 saturated carbocycles. The van der Waals surface area contributed by atoms with Gasteiger partial charge in [-0.2, -0.15) is 0 Å². The number of nitrogens with one attached hydrogen (secondary N) is 2. The molecule has 7 heteroatoms. The van der Waals surface area contributed by atoms with E-state index in [0.29, 0.717) is 25.0 Å². The Balaban J connectivity index is 2.58. The Kier molecular flexibility index (Phi) is 8.21. The minimum Gasteiger partial charge on any atom is -0.370 e. The van der Waals surface area contributed by atoms with Crippen molar-refractivity contribution in [2.75, 3.05) is 13.1 Å². The van der Waals surface area contributed by atoms with Crippen LogP contribution in [-0.4, -0.2) is 27.5 Å². The standard InChI is InChI=1S/C17H30N4O2S/c1-13(2)9-10-19-17(18)20-12-15-5-7-16(8-6-15)24(22,23)21-11-14(3)4/h5-8,13-14,21H,9-12H2,1-4H3,(H3,18,19,20). The van der Waals surface area contributed by atoms with Gasteiger partial charge in [-0.15, -0.1) is 0 Å². The minimum atomic E-state index is -3.45.